The Kier molecular flexibility index (Phi) is 4.51. The van der Waals surface area contributed by atoms with Gasteiger partial charge in [0.15, 0.2) is 0 Å². The van der Waals surface area contributed by atoms with Gasteiger partial charge in [0.1, 0.15) is 5.75 Å². The topological polar surface area (TPSA) is 83.6 Å². The first-order valence-corrected chi connectivity index (χ1v) is 5.81. The SMILES string of the molecule is CCN(CC(N)=O)C(=O)c1ccc(Br)cc1O. The number of aromatic hydroxyl groups is 1. The van der Waals surface area contributed by atoms with Crippen LogP contribution in [0.2, 0.25) is 0 Å². The van der Waals surface area contributed by atoms with E-state index >= 15 is 0 Å². The molecule has 0 unspecified atom stereocenters. The summed E-state index contributed by atoms with van der Waals surface area (Å²) >= 11 is 3.18. The fraction of sp³-hybridized carbons (Fsp3) is 0.273. The highest BCUT2D eigenvalue weighted by Crippen LogP contribution is 2.23. The lowest BCUT2D eigenvalue weighted by Crippen LogP contribution is -2.38. The molecule has 6 heteroatoms. The molecule has 0 aliphatic carbocycles. The number of primary amides is 1. The van der Waals surface area contributed by atoms with E-state index < -0.39 is 11.8 Å². The number of phenolic OH excluding ortho intramolecular Hbond substituents is 1. The number of nitrogens with zero attached hydrogens (tertiary/aromatic N) is 1. The smallest absolute Gasteiger partial charge is 0.258 e. The number of carbonyl (C=O) groups excluding carboxylic acids is 2. The molecule has 2 amide bonds. The summed E-state index contributed by atoms with van der Waals surface area (Å²) in [5, 5.41) is 9.65. The summed E-state index contributed by atoms with van der Waals surface area (Å²) in [7, 11) is 0. The van der Waals surface area contributed by atoms with Gasteiger partial charge >= 0.3 is 0 Å². The van der Waals surface area contributed by atoms with Crippen molar-refractivity contribution in [2.75, 3.05) is 13.1 Å². The highest BCUT2D eigenvalue weighted by molar-refractivity contribution is 9.10. The van der Waals surface area contributed by atoms with E-state index in [1.165, 1.54) is 17.0 Å². The largest absolute Gasteiger partial charge is 0.507 e. The normalized spacial score (nSPS) is 10.0. The zero-order valence-corrected chi connectivity index (χ0v) is 10.9. The number of amides is 2. The number of halogens is 1. The van der Waals surface area contributed by atoms with Gasteiger partial charge in [0.25, 0.3) is 5.91 Å². The third kappa shape index (κ3) is 3.45. The van der Waals surface area contributed by atoms with Crippen molar-refractivity contribution in [3.05, 3.63) is 28.2 Å². The molecule has 1 rings (SSSR count). The van der Waals surface area contributed by atoms with Gasteiger partial charge in [0, 0.05) is 11.0 Å². The first-order chi connectivity index (χ1) is 7.95. The predicted octanol–water partition coefficient (Wildman–Crippen LogP) is 1.10. The van der Waals surface area contributed by atoms with Gasteiger partial charge in [-0.2, -0.15) is 0 Å². The maximum atomic E-state index is 12.0. The highest BCUT2D eigenvalue weighted by atomic mass is 79.9. The third-order valence-corrected chi connectivity index (χ3v) is 2.70. The summed E-state index contributed by atoms with van der Waals surface area (Å²) in [6.07, 6.45) is 0. The van der Waals surface area contributed by atoms with Crippen LogP contribution in [0.15, 0.2) is 22.7 Å². The van der Waals surface area contributed by atoms with E-state index in [-0.39, 0.29) is 17.9 Å². The lowest BCUT2D eigenvalue weighted by atomic mass is 10.1. The summed E-state index contributed by atoms with van der Waals surface area (Å²) in [6, 6.07) is 4.56. The van der Waals surface area contributed by atoms with Crippen molar-refractivity contribution in [2.24, 2.45) is 5.73 Å². The molecule has 0 heterocycles. The minimum atomic E-state index is -0.586. The molecule has 0 radical (unpaired) electrons. The molecule has 5 nitrogen and oxygen atoms in total. The molecule has 0 saturated carbocycles. The van der Waals surface area contributed by atoms with Gasteiger partial charge in [0.2, 0.25) is 5.91 Å². The maximum absolute atomic E-state index is 12.0. The van der Waals surface area contributed by atoms with Crippen LogP contribution in [-0.4, -0.2) is 34.9 Å². The summed E-state index contributed by atoms with van der Waals surface area (Å²) in [5.41, 5.74) is 5.19. The molecule has 17 heavy (non-hydrogen) atoms. The summed E-state index contributed by atoms with van der Waals surface area (Å²) < 4.78 is 0.671. The number of hydrogen-bond acceptors (Lipinski definition) is 3. The minimum absolute atomic E-state index is 0.132. The van der Waals surface area contributed by atoms with E-state index in [9.17, 15) is 14.7 Å². The van der Waals surface area contributed by atoms with Crippen molar-refractivity contribution >= 4 is 27.7 Å². The van der Waals surface area contributed by atoms with Crippen molar-refractivity contribution in [3.63, 3.8) is 0 Å². The number of hydrogen-bond donors (Lipinski definition) is 2. The number of likely N-dealkylation sites (N-methyl/N-ethyl adjacent to an activating group) is 1. The molecule has 0 bridgehead atoms. The average molecular weight is 301 g/mol. The Balaban J connectivity index is 2.97. The fourth-order valence-corrected chi connectivity index (χ4v) is 1.72. The van der Waals surface area contributed by atoms with Crippen LogP contribution in [0.25, 0.3) is 0 Å². The monoisotopic (exact) mass is 300 g/mol. The van der Waals surface area contributed by atoms with E-state index in [0.717, 1.165) is 0 Å². The summed E-state index contributed by atoms with van der Waals surface area (Å²) in [6.45, 7) is 1.92. The average Bonchev–Trinajstić information content (AvgIpc) is 2.24. The first kappa shape index (κ1) is 13.5. The zero-order valence-electron chi connectivity index (χ0n) is 9.31. The Morgan fingerprint density at radius 2 is 2.12 bits per heavy atom. The Labute approximate surface area is 107 Å². The third-order valence-electron chi connectivity index (χ3n) is 2.21. The molecule has 1 aromatic rings. The van der Waals surface area contributed by atoms with Gasteiger partial charge in [-0.1, -0.05) is 15.9 Å². The van der Waals surface area contributed by atoms with Crippen LogP contribution in [0.1, 0.15) is 17.3 Å². The number of rotatable bonds is 4. The molecule has 0 saturated heterocycles. The number of nitrogens with two attached hydrogens (primary N) is 1. The molecule has 92 valence electrons. The van der Waals surface area contributed by atoms with Crippen LogP contribution in [0, 0.1) is 0 Å². The Hall–Kier alpha value is -1.56. The molecule has 0 spiro atoms. The fourth-order valence-electron chi connectivity index (χ4n) is 1.37. The second kappa shape index (κ2) is 5.67. The lowest BCUT2D eigenvalue weighted by Gasteiger charge is -2.19. The number of benzene rings is 1. The van der Waals surface area contributed by atoms with Crippen LogP contribution < -0.4 is 5.73 Å². The van der Waals surface area contributed by atoms with E-state index in [1.54, 1.807) is 13.0 Å². The van der Waals surface area contributed by atoms with Crippen LogP contribution >= 0.6 is 15.9 Å². The molecule has 0 atom stereocenters. The van der Waals surface area contributed by atoms with Crippen molar-refractivity contribution in [3.8, 4) is 5.75 Å². The Morgan fingerprint density at radius 1 is 1.47 bits per heavy atom. The minimum Gasteiger partial charge on any atom is -0.507 e. The van der Waals surface area contributed by atoms with E-state index in [1.807, 2.05) is 0 Å². The van der Waals surface area contributed by atoms with E-state index in [0.29, 0.717) is 11.0 Å². The van der Waals surface area contributed by atoms with E-state index in [2.05, 4.69) is 15.9 Å². The maximum Gasteiger partial charge on any atom is 0.258 e. The van der Waals surface area contributed by atoms with Gasteiger partial charge in [-0.15, -0.1) is 0 Å². The molecule has 0 fully saturated rings. The molecular formula is C11H13BrN2O3. The molecule has 0 aromatic heterocycles. The van der Waals surface area contributed by atoms with Gasteiger partial charge in [-0.05, 0) is 25.1 Å². The number of carbonyl (C=O) groups is 2. The van der Waals surface area contributed by atoms with Crippen molar-refractivity contribution in [1.82, 2.24) is 4.90 Å². The lowest BCUT2D eigenvalue weighted by molar-refractivity contribution is -0.118. The molecule has 0 aliphatic rings. The second-order valence-corrected chi connectivity index (χ2v) is 4.36. The Bertz CT molecular complexity index is 448. The summed E-state index contributed by atoms with van der Waals surface area (Å²) in [5.74, 6) is -1.14. The van der Waals surface area contributed by atoms with Gasteiger partial charge in [0.05, 0.1) is 12.1 Å². The quantitative estimate of drug-likeness (QED) is 0.873. The summed E-state index contributed by atoms with van der Waals surface area (Å²) in [4.78, 5) is 24.1. The van der Waals surface area contributed by atoms with Crippen LogP contribution in [0.5, 0.6) is 5.75 Å². The van der Waals surface area contributed by atoms with Crippen molar-refractivity contribution in [1.29, 1.82) is 0 Å². The Morgan fingerprint density at radius 3 is 2.59 bits per heavy atom. The van der Waals surface area contributed by atoms with E-state index in [4.69, 9.17) is 5.73 Å². The van der Waals surface area contributed by atoms with Crippen molar-refractivity contribution < 1.29 is 14.7 Å². The second-order valence-electron chi connectivity index (χ2n) is 3.45. The van der Waals surface area contributed by atoms with Gasteiger partial charge < -0.3 is 15.7 Å². The highest BCUT2D eigenvalue weighted by Gasteiger charge is 2.19. The molecule has 3 N–H and O–H groups in total. The van der Waals surface area contributed by atoms with Crippen LogP contribution in [0.3, 0.4) is 0 Å². The van der Waals surface area contributed by atoms with Crippen molar-refractivity contribution in [2.45, 2.75) is 6.92 Å². The molecular weight excluding hydrogens is 288 g/mol. The standard InChI is InChI=1S/C11H13BrN2O3/c1-2-14(6-10(13)16)11(17)8-4-3-7(12)5-9(8)15/h3-5,15H,2,6H2,1H3,(H2,13,16). The van der Waals surface area contributed by atoms with Gasteiger partial charge in [-0.25, -0.2) is 0 Å². The van der Waals surface area contributed by atoms with Crippen LogP contribution in [-0.2, 0) is 4.79 Å². The predicted molar refractivity (Wildman–Crippen MR) is 66.6 cm³/mol. The van der Waals surface area contributed by atoms with Gasteiger partial charge in [-0.3, -0.25) is 9.59 Å². The number of phenols is 1. The zero-order chi connectivity index (χ0) is 13.0. The first-order valence-electron chi connectivity index (χ1n) is 5.01. The van der Waals surface area contributed by atoms with Crippen LogP contribution in [0.4, 0.5) is 0 Å². The molecule has 0 aliphatic heterocycles. The molecule has 1 aromatic carbocycles.